The Hall–Kier alpha value is 0.177. The molecular formula is C5H11OSi. The molecule has 0 aromatic heterocycles. The van der Waals surface area contributed by atoms with E-state index in [1.807, 2.05) is 0 Å². The van der Waals surface area contributed by atoms with Crippen molar-refractivity contribution in [2.24, 2.45) is 5.92 Å². The molecule has 0 atom stereocenters. The Bertz CT molecular complexity index is 37.1. The van der Waals surface area contributed by atoms with Gasteiger partial charge in [0.1, 0.15) is 0 Å². The van der Waals surface area contributed by atoms with Crippen molar-refractivity contribution >= 4 is 10.5 Å². The van der Waals surface area contributed by atoms with Gasteiger partial charge in [0.2, 0.25) is 10.5 Å². The number of rotatable bonds is 3. The van der Waals surface area contributed by atoms with Gasteiger partial charge in [0, 0.05) is 6.61 Å². The Morgan fingerprint density at radius 3 is 2.29 bits per heavy atom. The molecule has 7 heavy (non-hydrogen) atoms. The zero-order valence-electron chi connectivity index (χ0n) is 4.90. The molecule has 41 valence electrons. The van der Waals surface area contributed by atoms with Crippen LogP contribution in [0.2, 0.25) is 0 Å². The van der Waals surface area contributed by atoms with Crippen molar-refractivity contribution in [3.8, 4) is 0 Å². The molecule has 0 bridgehead atoms. The molecule has 0 saturated heterocycles. The number of hydrogen-bond donors (Lipinski definition) is 0. The van der Waals surface area contributed by atoms with Crippen molar-refractivity contribution in [1.82, 2.24) is 0 Å². The Kier molecular flexibility index (Phi) is 4.45. The van der Waals surface area contributed by atoms with Gasteiger partial charge < -0.3 is 4.43 Å². The lowest BCUT2D eigenvalue weighted by molar-refractivity contribution is 0.315. The average molecular weight is 115 g/mol. The van der Waals surface area contributed by atoms with Crippen molar-refractivity contribution in [2.75, 3.05) is 6.61 Å². The molecular weight excluding hydrogens is 104 g/mol. The Morgan fingerprint density at radius 1 is 1.57 bits per heavy atom. The predicted molar refractivity (Wildman–Crippen MR) is 31.2 cm³/mol. The van der Waals surface area contributed by atoms with E-state index in [-0.39, 0.29) is 0 Å². The normalized spacial score (nSPS) is 10.3. The molecule has 0 fully saturated rings. The van der Waals surface area contributed by atoms with Crippen LogP contribution in [0.5, 0.6) is 0 Å². The van der Waals surface area contributed by atoms with Gasteiger partial charge in [-0.1, -0.05) is 13.8 Å². The summed E-state index contributed by atoms with van der Waals surface area (Å²) in [6.45, 7) is 5.16. The van der Waals surface area contributed by atoms with Gasteiger partial charge >= 0.3 is 0 Å². The smallest absolute Gasteiger partial charge is 0.246 e. The largest absolute Gasteiger partial charge is 0.419 e. The summed E-state index contributed by atoms with van der Waals surface area (Å²) in [7, 11) is 2.92. The average Bonchev–Trinajstić information content (AvgIpc) is 1.61. The molecule has 0 aliphatic carbocycles. The van der Waals surface area contributed by atoms with Gasteiger partial charge in [0.25, 0.3) is 0 Å². The van der Waals surface area contributed by atoms with Gasteiger partial charge in [0.05, 0.1) is 0 Å². The fourth-order valence-electron chi connectivity index (χ4n) is 0.295. The molecule has 0 heterocycles. The van der Waals surface area contributed by atoms with Gasteiger partial charge in [-0.3, -0.25) is 0 Å². The van der Waals surface area contributed by atoms with Crippen LogP contribution in [0.15, 0.2) is 0 Å². The van der Waals surface area contributed by atoms with Gasteiger partial charge in [-0.2, -0.15) is 0 Å². The molecule has 0 rings (SSSR count). The third-order valence-electron chi connectivity index (χ3n) is 0.797. The van der Waals surface area contributed by atoms with Gasteiger partial charge in [0.15, 0.2) is 0 Å². The van der Waals surface area contributed by atoms with Crippen molar-refractivity contribution in [3.05, 3.63) is 0 Å². The zero-order chi connectivity index (χ0) is 5.70. The van der Waals surface area contributed by atoms with Crippen molar-refractivity contribution < 1.29 is 4.43 Å². The topological polar surface area (TPSA) is 9.23 Å². The SMILES string of the molecule is CC(C)CCO[Si]. The standard InChI is InChI=1S/C5H11OSi/c1-5(2)3-4-6-7/h5H,3-4H2,1-2H3. The number of hydrogen-bond acceptors (Lipinski definition) is 1. The molecule has 3 radical (unpaired) electrons. The minimum atomic E-state index is 0.747. The van der Waals surface area contributed by atoms with E-state index in [9.17, 15) is 0 Å². The Balaban J connectivity index is 2.68. The fraction of sp³-hybridized carbons (Fsp3) is 1.00. The van der Waals surface area contributed by atoms with Crippen LogP contribution in [0, 0.1) is 5.92 Å². The first kappa shape index (κ1) is 7.18. The highest BCUT2D eigenvalue weighted by molar-refractivity contribution is 5.97. The maximum atomic E-state index is 4.66. The van der Waals surface area contributed by atoms with Crippen LogP contribution < -0.4 is 0 Å². The van der Waals surface area contributed by atoms with Crippen LogP contribution in [0.4, 0.5) is 0 Å². The fourth-order valence-corrected chi connectivity index (χ4v) is 0.412. The molecule has 1 nitrogen and oxygen atoms in total. The maximum Gasteiger partial charge on any atom is 0.246 e. The second kappa shape index (κ2) is 4.34. The van der Waals surface area contributed by atoms with Crippen molar-refractivity contribution in [2.45, 2.75) is 20.3 Å². The maximum absolute atomic E-state index is 4.66. The van der Waals surface area contributed by atoms with Crippen LogP contribution in [0.3, 0.4) is 0 Å². The molecule has 0 amide bonds. The first-order chi connectivity index (χ1) is 3.27. The lowest BCUT2D eigenvalue weighted by atomic mass is 10.2. The molecule has 0 aromatic rings. The summed E-state index contributed by atoms with van der Waals surface area (Å²) in [5.74, 6) is 0.747. The van der Waals surface area contributed by atoms with Crippen molar-refractivity contribution in [1.29, 1.82) is 0 Å². The van der Waals surface area contributed by atoms with Crippen LogP contribution in [-0.4, -0.2) is 17.1 Å². The molecule has 0 saturated carbocycles. The molecule has 0 N–H and O–H groups in total. The summed E-state index contributed by atoms with van der Waals surface area (Å²) in [5.41, 5.74) is 0. The van der Waals surface area contributed by atoms with Crippen molar-refractivity contribution in [3.63, 3.8) is 0 Å². The van der Waals surface area contributed by atoms with Gasteiger partial charge in [-0.15, -0.1) is 0 Å². The summed E-state index contributed by atoms with van der Waals surface area (Å²) >= 11 is 0. The van der Waals surface area contributed by atoms with E-state index in [1.165, 1.54) is 0 Å². The van der Waals surface area contributed by atoms with Gasteiger partial charge in [-0.25, -0.2) is 0 Å². The lowest BCUT2D eigenvalue weighted by Crippen LogP contribution is -1.94. The van der Waals surface area contributed by atoms with E-state index in [0.29, 0.717) is 0 Å². The highest BCUT2D eigenvalue weighted by Crippen LogP contribution is 1.96. The lowest BCUT2D eigenvalue weighted by Gasteiger charge is -1.99. The third-order valence-corrected chi connectivity index (χ3v) is 1.00. The molecule has 0 aliphatic rings. The molecule has 0 unspecified atom stereocenters. The Morgan fingerprint density at radius 2 is 2.14 bits per heavy atom. The highest BCUT2D eigenvalue weighted by atomic mass is 28.2. The van der Waals surface area contributed by atoms with Crippen LogP contribution in [0.1, 0.15) is 20.3 Å². The predicted octanol–water partition coefficient (Wildman–Crippen LogP) is 1.13. The monoisotopic (exact) mass is 115 g/mol. The second-order valence-electron chi connectivity index (χ2n) is 2.03. The summed E-state index contributed by atoms with van der Waals surface area (Å²) in [6, 6.07) is 0. The minimum absolute atomic E-state index is 0.747. The second-order valence-corrected chi connectivity index (χ2v) is 2.32. The van der Waals surface area contributed by atoms with E-state index in [0.717, 1.165) is 18.9 Å². The third kappa shape index (κ3) is 6.18. The molecule has 0 aromatic carbocycles. The summed E-state index contributed by atoms with van der Waals surface area (Å²) in [4.78, 5) is 0. The molecule has 0 aliphatic heterocycles. The zero-order valence-corrected chi connectivity index (χ0v) is 5.90. The van der Waals surface area contributed by atoms with Gasteiger partial charge in [-0.05, 0) is 12.3 Å². The molecule has 2 heteroatoms. The van der Waals surface area contributed by atoms with E-state index in [1.54, 1.807) is 0 Å². The van der Waals surface area contributed by atoms with Crippen LogP contribution >= 0.6 is 0 Å². The summed E-state index contributed by atoms with van der Waals surface area (Å²) < 4.78 is 4.66. The van der Waals surface area contributed by atoms with E-state index >= 15 is 0 Å². The summed E-state index contributed by atoms with van der Waals surface area (Å²) in [5, 5.41) is 0. The van der Waals surface area contributed by atoms with E-state index in [4.69, 9.17) is 0 Å². The van der Waals surface area contributed by atoms with Crippen LogP contribution in [0.25, 0.3) is 0 Å². The first-order valence-electron chi connectivity index (χ1n) is 2.56. The van der Waals surface area contributed by atoms with Crippen LogP contribution in [-0.2, 0) is 4.43 Å². The molecule has 0 spiro atoms. The highest BCUT2D eigenvalue weighted by Gasteiger charge is 1.88. The van der Waals surface area contributed by atoms with E-state index < -0.39 is 0 Å². The summed E-state index contributed by atoms with van der Waals surface area (Å²) in [6.07, 6.45) is 1.13. The van der Waals surface area contributed by atoms with E-state index in [2.05, 4.69) is 28.8 Å². The minimum Gasteiger partial charge on any atom is -0.419 e. The Labute approximate surface area is 48.6 Å². The quantitative estimate of drug-likeness (QED) is 0.501. The first-order valence-corrected chi connectivity index (χ1v) is 2.96.